The molecule has 0 aliphatic carbocycles. The van der Waals surface area contributed by atoms with Crippen molar-refractivity contribution in [3.05, 3.63) is 83.6 Å². The molecule has 0 amide bonds. The molecule has 0 fully saturated rings. The summed E-state index contributed by atoms with van der Waals surface area (Å²) in [6.45, 7) is 3.99. The third-order valence-corrected chi connectivity index (χ3v) is 3.56. The molecule has 1 heterocycles. The van der Waals surface area contributed by atoms with Crippen LogP contribution in [-0.4, -0.2) is 11.0 Å². The fourth-order valence-electron chi connectivity index (χ4n) is 2.19. The maximum absolute atomic E-state index is 12.2. The Bertz CT molecular complexity index is 804. The third-order valence-electron chi connectivity index (χ3n) is 3.56. The summed E-state index contributed by atoms with van der Waals surface area (Å²) in [4.78, 5) is 16.5. The van der Waals surface area contributed by atoms with Gasteiger partial charge in [-0.2, -0.15) is 0 Å². The molecule has 0 bridgehead atoms. The van der Waals surface area contributed by atoms with E-state index < -0.39 is 0 Å². The summed E-state index contributed by atoms with van der Waals surface area (Å²) in [6, 6.07) is 18.7. The van der Waals surface area contributed by atoms with Crippen molar-refractivity contribution >= 4 is 5.97 Å². The van der Waals surface area contributed by atoms with E-state index >= 15 is 0 Å². The van der Waals surface area contributed by atoms with Gasteiger partial charge in [0.2, 0.25) is 0 Å². The van der Waals surface area contributed by atoms with Gasteiger partial charge in [0.05, 0.1) is 11.3 Å². The van der Waals surface area contributed by atoms with Crippen LogP contribution in [0.5, 0.6) is 5.75 Å². The van der Waals surface area contributed by atoms with Gasteiger partial charge < -0.3 is 4.74 Å². The van der Waals surface area contributed by atoms with Gasteiger partial charge in [0.15, 0.2) is 0 Å². The lowest BCUT2D eigenvalue weighted by Gasteiger charge is -2.06. The van der Waals surface area contributed by atoms with Gasteiger partial charge in [-0.3, -0.25) is 4.98 Å². The van der Waals surface area contributed by atoms with Gasteiger partial charge in [0.25, 0.3) is 0 Å². The average molecular weight is 303 g/mol. The second kappa shape index (κ2) is 6.44. The monoisotopic (exact) mass is 303 g/mol. The van der Waals surface area contributed by atoms with Gasteiger partial charge in [0, 0.05) is 11.8 Å². The van der Waals surface area contributed by atoms with Gasteiger partial charge in [-0.05, 0) is 49.7 Å². The molecule has 0 atom stereocenters. The second-order valence-electron chi connectivity index (χ2n) is 5.50. The Kier molecular flexibility index (Phi) is 4.20. The Morgan fingerprint density at radius 3 is 2.09 bits per heavy atom. The lowest BCUT2D eigenvalue weighted by Crippen LogP contribution is -2.08. The van der Waals surface area contributed by atoms with Crippen LogP contribution in [-0.2, 0) is 0 Å². The first-order valence-electron chi connectivity index (χ1n) is 7.44. The fourth-order valence-corrected chi connectivity index (χ4v) is 2.19. The first-order valence-corrected chi connectivity index (χ1v) is 7.44. The maximum Gasteiger partial charge on any atom is 0.343 e. The molecule has 0 spiro atoms. The zero-order valence-electron chi connectivity index (χ0n) is 13.1. The Balaban J connectivity index is 1.74. The summed E-state index contributed by atoms with van der Waals surface area (Å²) in [5.74, 6) is 0.183. The molecule has 0 aliphatic heterocycles. The average Bonchev–Trinajstić information content (AvgIpc) is 2.58. The molecule has 2 aromatic carbocycles. The number of aromatic nitrogens is 1. The number of nitrogens with zero attached hydrogens (tertiary/aromatic N) is 1. The van der Waals surface area contributed by atoms with Crippen LogP contribution in [0.3, 0.4) is 0 Å². The van der Waals surface area contributed by atoms with Crippen LogP contribution in [0.2, 0.25) is 0 Å². The highest BCUT2D eigenvalue weighted by molar-refractivity contribution is 5.91. The van der Waals surface area contributed by atoms with E-state index in [-0.39, 0.29) is 5.97 Å². The van der Waals surface area contributed by atoms with Crippen LogP contribution < -0.4 is 4.74 Å². The number of rotatable bonds is 3. The number of benzene rings is 2. The Hall–Kier alpha value is -2.94. The van der Waals surface area contributed by atoms with Crippen molar-refractivity contribution in [2.75, 3.05) is 0 Å². The number of carbonyl (C=O) groups excluding carboxylic acids is 1. The number of esters is 1. The van der Waals surface area contributed by atoms with Gasteiger partial charge in [0.1, 0.15) is 5.75 Å². The molecule has 3 rings (SSSR count). The number of hydrogen-bond acceptors (Lipinski definition) is 3. The van der Waals surface area contributed by atoms with Crippen molar-refractivity contribution in [2.45, 2.75) is 13.8 Å². The predicted molar refractivity (Wildman–Crippen MR) is 90.5 cm³/mol. The van der Waals surface area contributed by atoms with Crippen LogP contribution in [0.1, 0.15) is 21.5 Å². The molecule has 0 saturated carbocycles. The summed E-state index contributed by atoms with van der Waals surface area (Å²) in [7, 11) is 0. The molecule has 1 aromatic heterocycles. The largest absolute Gasteiger partial charge is 0.423 e. The molecule has 0 unspecified atom stereocenters. The molecule has 3 nitrogen and oxygen atoms in total. The minimum atomic E-state index is -0.364. The highest BCUT2D eigenvalue weighted by Crippen LogP contribution is 2.19. The first-order chi connectivity index (χ1) is 11.1. The van der Waals surface area contributed by atoms with Crippen molar-refractivity contribution in [2.24, 2.45) is 0 Å². The van der Waals surface area contributed by atoms with Gasteiger partial charge in [-0.1, -0.05) is 35.9 Å². The molecular weight excluding hydrogens is 286 g/mol. The SMILES string of the molecule is Cc1ccc(OC(=O)c2ccc(-c3ccc(C)cn3)cc2)cc1. The van der Waals surface area contributed by atoms with E-state index in [2.05, 4.69) is 4.98 Å². The van der Waals surface area contributed by atoms with Crippen molar-refractivity contribution in [1.29, 1.82) is 0 Å². The van der Waals surface area contributed by atoms with Crippen molar-refractivity contribution in [1.82, 2.24) is 4.98 Å². The third kappa shape index (κ3) is 3.64. The van der Waals surface area contributed by atoms with E-state index in [0.29, 0.717) is 11.3 Å². The quantitative estimate of drug-likeness (QED) is 0.525. The van der Waals surface area contributed by atoms with Crippen molar-refractivity contribution in [3.8, 4) is 17.0 Å². The number of aryl methyl sites for hydroxylation is 2. The van der Waals surface area contributed by atoms with Crippen molar-refractivity contribution in [3.63, 3.8) is 0 Å². The molecule has 0 N–H and O–H groups in total. The summed E-state index contributed by atoms with van der Waals surface area (Å²) in [5, 5.41) is 0. The van der Waals surface area contributed by atoms with Gasteiger partial charge in [-0.15, -0.1) is 0 Å². The summed E-state index contributed by atoms with van der Waals surface area (Å²) in [6.07, 6.45) is 1.83. The predicted octanol–water partition coefficient (Wildman–Crippen LogP) is 4.58. The summed E-state index contributed by atoms with van der Waals surface area (Å²) >= 11 is 0. The maximum atomic E-state index is 12.2. The van der Waals surface area contributed by atoms with Gasteiger partial charge in [-0.25, -0.2) is 4.79 Å². The summed E-state index contributed by atoms with van der Waals surface area (Å²) < 4.78 is 5.36. The highest BCUT2D eigenvalue weighted by Gasteiger charge is 2.09. The van der Waals surface area contributed by atoms with E-state index in [9.17, 15) is 4.79 Å². The fraction of sp³-hybridized carbons (Fsp3) is 0.100. The molecule has 3 heteroatoms. The minimum absolute atomic E-state index is 0.364. The molecule has 23 heavy (non-hydrogen) atoms. The molecule has 114 valence electrons. The molecule has 0 radical (unpaired) electrons. The lowest BCUT2D eigenvalue weighted by atomic mass is 10.1. The van der Waals surface area contributed by atoms with Crippen LogP contribution in [0.15, 0.2) is 66.9 Å². The Labute approximate surface area is 135 Å². The minimum Gasteiger partial charge on any atom is -0.423 e. The zero-order chi connectivity index (χ0) is 16.2. The zero-order valence-corrected chi connectivity index (χ0v) is 13.1. The van der Waals surface area contributed by atoms with E-state index in [1.165, 1.54) is 0 Å². The highest BCUT2D eigenvalue weighted by atomic mass is 16.5. The van der Waals surface area contributed by atoms with Gasteiger partial charge >= 0.3 is 5.97 Å². The van der Waals surface area contributed by atoms with E-state index in [1.807, 2.05) is 56.4 Å². The summed E-state index contributed by atoms with van der Waals surface area (Å²) in [5.41, 5.74) is 4.61. The van der Waals surface area contributed by atoms with Crippen LogP contribution in [0.25, 0.3) is 11.3 Å². The lowest BCUT2D eigenvalue weighted by molar-refractivity contribution is 0.0735. The van der Waals surface area contributed by atoms with Crippen LogP contribution in [0, 0.1) is 13.8 Å². The van der Waals surface area contributed by atoms with Crippen LogP contribution >= 0.6 is 0 Å². The topological polar surface area (TPSA) is 39.2 Å². The molecule has 0 saturated heterocycles. The first kappa shape index (κ1) is 15.0. The smallest absolute Gasteiger partial charge is 0.343 e. The number of ether oxygens (including phenoxy) is 1. The number of hydrogen-bond donors (Lipinski definition) is 0. The second-order valence-corrected chi connectivity index (χ2v) is 5.50. The Morgan fingerprint density at radius 1 is 0.826 bits per heavy atom. The molecule has 0 aliphatic rings. The molecular formula is C20H17NO2. The normalized spacial score (nSPS) is 10.3. The standard InChI is InChI=1S/C20H17NO2/c1-14-3-10-18(11-4-14)23-20(22)17-8-6-16(7-9-17)19-12-5-15(2)13-21-19/h3-13H,1-2H3. The van der Waals surface area contributed by atoms with Crippen molar-refractivity contribution < 1.29 is 9.53 Å². The number of carbonyl (C=O) groups is 1. The van der Waals surface area contributed by atoms with E-state index in [1.54, 1.807) is 24.3 Å². The Morgan fingerprint density at radius 2 is 1.48 bits per heavy atom. The van der Waals surface area contributed by atoms with E-state index in [4.69, 9.17) is 4.74 Å². The molecule has 3 aromatic rings. The van der Waals surface area contributed by atoms with Crippen LogP contribution in [0.4, 0.5) is 0 Å². The number of pyridine rings is 1. The van der Waals surface area contributed by atoms with E-state index in [0.717, 1.165) is 22.4 Å².